The standard InChI is InChI=1S/C15H20N2/c1-12-6-5-7-14-15(12)13(10-16-14)11-17-8-3-2-4-9-17/h5-7,10,16H,2-4,8-9,11H2,1H3. The largest absolute Gasteiger partial charge is 0.361 e. The van der Waals surface area contributed by atoms with Crippen LogP contribution < -0.4 is 0 Å². The number of hydrogen-bond donors (Lipinski definition) is 1. The van der Waals surface area contributed by atoms with Gasteiger partial charge in [0.05, 0.1) is 0 Å². The van der Waals surface area contributed by atoms with Crippen LogP contribution in [0, 0.1) is 6.92 Å². The summed E-state index contributed by atoms with van der Waals surface area (Å²) in [4.78, 5) is 5.97. The van der Waals surface area contributed by atoms with E-state index in [0.29, 0.717) is 0 Å². The topological polar surface area (TPSA) is 19.0 Å². The fraction of sp³-hybridized carbons (Fsp3) is 0.467. The Morgan fingerprint density at radius 3 is 2.82 bits per heavy atom. The molecule has 0 amide bonds. The molecule has 2 heteroatoms. The highest BCUT2D eigenvalue weighted by Crippen LogP contribution is 2.24. The minimum atomic E-state index is 1.10. The Balaban J connectivity index is 1.89. The van der Waals surface area contributed by atoms with Crippen LogP contribution in [0.1, 0.15) is 30.4 Å². The maximum absolute atomic E-state index is 3.39. The summed E-state index contributed by atoms with van der Waals surface area (Å²) < 4.78 is 0. The van der Waals surface area contributed by atoms with Crippen molar-refractivity contribution in [2.24, 2.45) is 0 Å². The maximum atomic E-state index is 3.39. The van der Waals surface area contributed by atoms with E-state index in [4.69, 9.17) is 0 Å². The van der Waals surface area contributed by atoms with E-state index in [0.717, 1.165) is 6.54 Å². The van der Waals surface area contributed by atoms with Crippen LogP contribution in [0.4, 0.5) is 0 Å². The molecule has 1 aromatic carbocycles. The molecule has 0 unspecified atom stereocenters. The molecule has 2 heterocycles. The number of aromatic amines is 1. The molecule has 17 heavy (non-hydrogen) atoms. The van der Waals surface area contributed by atoms with Crippen molar-refractivity contribution in [1.29, 1.82) is 0 Å². The zero-order valence-corrected chi connectivity index (χ0v) is 10.5. The number of aromatic nitrogens is 1. The van der Waals surface area contributed by atoms with Gasteiger partial charge in [0.2, 0.25) is 0 Å². The van der Waals surface area contributed by atoms with E-state index in [1.54, 1.807) is 0 Å². The van der Waals surface area contributed by atoms with Gasteiger partial charge in [0.25, 0.3) is 0 Å². The minimum absolute atomic E-state index is 1.10. The third kappa shape index (κ3) is 2.09. The van der Waals surface area contributed by atoms with Crippen molar-refractivity contribution in [3.8, 4) is 0 Å². The number of aryl methyl sites for hydroxylation is 1. The van der Waals surface area contributed by atoms with Gasteiger partial charge in [0.1, 0.15) is 0 Å². The molecular weight excluding hydrogens is 208 g/mol. The van der Waals surface area contributed by atoms with Crippen molar-refractivity contribution in [2.75, 3.05) is 13.1 Å². The first kappa shape index (κ1) is 10.8. The summed E-state index contributed by atoms with van der Waals surface area (Å²) in [6.07, 6.45) is 6.32. The van der Waals surface area contributed by atoms with E-state index in [2.05, 4.69) is 41.2 Å². The van der Waals surface area contributed by atoms with Gasteiger partial charge in [-0.25, -0.2) is 0 Å². The van der Waals surface area contributed by atoms with E-state index in [-0.39, 0.29) is 0 Å². The van der Waals surface area contributed by atoms with Crippen molar-refractivity contribution < 1.29 is 0 Å². The number of hydrogen-bond acceptors (Lipinski definition) is 1. The van der Waals surface area contributed by atoms with Crippen molar-refractivity contribution >= 4 is 10.9 Å². The van der Waals surface area contributed by atoms with Crippen LogP contribution in [0.5, 0.6) is 0 Å². The summed E-state index contributed by atoms with van der Waals surface area (Å²) in [5.74, 6) is 0. The fourth-order valence-corrected chi connectivity index (χ4v) is 2.93. The molecule has 1 fully saturated rings. The SMILES string of the molecule is Cc1cccc2[nH]cc(CN3CCCCC3)c12. The molecule has 0 spiro atoms. The van der Waals surface area contributed by atoms with Crippen LogP contribution in [0.2, 0.25) is 0 Å². The lowest BCUT2D eigenvalue weighted by atomic mass is 10.1. The monoisotopic (exact) mass is 228 g/mol. The van der Waals surface area contributed by atoms with Gasteiger partial charge in [-0.05, 0) is 50.0 Å². The molecule has 1 aliphatic rings. The molecule has 0 aliphatic carbocycles. The average Bonchev–Trinajstić information content (AvgIpc) is 2.75. The van der Waals surface area contributed by atoms with Gasteiger partial charge in [-0.15, -0.1) is 0 Å². The van der Waals surface area contributed by atoms with Gasteiger partial charge in [-0.3, -0.25) is 4.90 Å². The lowest BCUT2D eigenvalue weighted by Crippen LogP contribution is -2.28. The summed E-state index contributed by atoms with van der Waals surface area (Å²) in [6, 6.07) is 6.50. The molecule has 0 bridgehead atoms. The first-order valence-corrected chi connectivity index (χ1v) is 6.62. The Bertz CT molecular complexity index is 507. The number of benzene rings is 1. The Morgan fingerprint density at radius 2 is 2.00 bits per heavy atom. The highest BCUT2D eigenvalue weighted by molar-refractivity contribution is 5.86. The summed E-state index contributed by atoms with van der Waals surface area (Å²) in [6.45, 7) is 5.83. The number of piperidine rings is 1. The molecule has 90 valence electrons. The number of nitrogens with zero attached hydrogens (tertiary/aromatic N) is 1. The molecule has 1 aliphatic heterocycles. The van der Waals surface area contributed by atoms with E-state index < -0.39 is 0 Å². The van der Waals surface area contributed by atoms with E-state index in [1.165, 1.54) is 54.4 Å². The number of rotatable bonds is 2. The quantitative estimate of drug-likeness (QED) is 0.834. The molecule has 1 N–H and O–H groups in total. The summed E-state index contributed by atoms with van der Waals surface area (Å²) >= 11 is 0. The Labute approximate surface area is 103 Å². The highest BCUT2D eigenvalue weighted by atomic mass is 15.1. The lowest BCUT2D eigenvalue weighted by Gasteiger charge is -2.26. The van der Waals surface area contributed by atoms with Crippen molar-refractivity contribution in [3.05, 3.63) is 35.5 Å². The van der Waals surface area contributed by atoms with Gasteiger partial charge in [-0.1, -0.05) is 18.6 Å². The van der Waals surface area contributed by atoms with E-state index >= 15 is 0 Å². The third-order valence-electron chi connectivity index (χ3n) is 3.84. The van der Waals surface area contributed by atoms with Crippen molar-refractivity contribution in [3.63, 3.8) is 0 Å². The second-order valence-corrected chi connectivity index (χ2v) is 5.15. The number of H-pyrrole nitrogens is 1. The maximum Gasteiger partial charge on any atom is 0.0459 e. The van der Waals surface area contributed by atoms with Crippen LogP contribution in [0.3, 0.4) is 0 Å². The van der Waals surface area contributed by atoms with Crippen molar-refractivity contribution in [2.45, 2.75) is 32.7 Å². The second-order valence-electron chi connectivity index (χ2n) is 5.15. The molecule has 1 aromatic heterocycles. The van der Waals surface area contributed by atoms with Gasteiger partial charge in [-0.2, -0.15) is 0 Å². The van der Waals surface area contributed by atoms with Crippen LogP contribution >= 0.6 is 0 Å². The van der Waals surface area contributed by atoms with Gasteiger partial charge in [0.15, 0.2) is 0 Å². The highest BCUT2D eigenvalue weighted by Gasteiger charge is 2.13. The summed E-state index contributed by atoms with van der Waals surface area (Å²) in [5.41, 5.74) is 4.12. The van der Waals surface area contributed by atoms with Crippen LogP contribution in [0.15, 0.2) is 24.4 Å². The molecule has 2 nitrogen and oxygen atoms in total. The second kappa shape index (κ2) is 4.53. The van der Waals surface area contributed by atoms with Crippen LogP contribution in [0.25, 0.3) is 10.9 Å². The predicted octanol–water partition coefficient (Wildman–Crippen LogP) is 3.46. The normalized spacial score (nSPS) is 17.7. The number of likely N-dealkylation sites (tertiary alicyclic amines) is 1. The molecular formula is C15H20N2. The van der Waals surface area contributed by atoms with Crippen LogP contribution in [-0.2, 0) is 6.54 Å². The zero-order valence-electron chi connectivity index (χ0n) is 10.5. The lowest BCUT2D eigenvalue weighted by molar-refractivity contribution is 0.221. The van der Waals surface area contributed by atoms with E-state index in [1.807, 2.05) is 0 Å². The third-order valence-corrected chi connectivity index (χ3v) is 3.84. The minimum Gasteiger partial charge on any atom is -0.361 e. The average molecular weight is 228 g/mol. The van der Waals surface area contributed by atoms with Gasteiger partial charge >= 0.3 is 0 Å². The molecule has 3 rings (SSSR count). The smallest absolute Gasteiger partial charge is 0.0459 e. The molecule has 0 atom stereocenters. The Morgan fingerprint density at radius 1 is 1.18 bits per heavy atom. The Kier molecular flexibility index (Phi) is 2.89. The number of nitrogens with one attached hydrogen (secondary N) is 1. The predicted molar refractivity (Wildman–Crippen MR) is 72.2 cm³/mol. The molecule has 0 radical (unpaired) electrons. The molecule has 1 saturated heterocycles. The van der Waals surface area contributed by atoms with Gasteiger partial charge in [0, 0.05) is 23.6 Å². The van der Waals surface area contributed by atoms with Crippen molar-refractivity contribution in [1.82, 2.24) is 9.88 Å². The fourth-order valence-electron chi connectivity index (χ4n) is 2.93. The zero-order chi connectivity index (χ0) is 11.7. The Hall–Kier alpha value is -1.28. The summed E-state index contributed by atoms with van der Waals surface area (Å²) in [5, 5.41) is 1.43. The molecule has 2 aromatic rings. The summed E-state index contributed by atoms with van der Waals surface area (Å²) in [7, 11) is 0. The first-order chi connectivity index (χ1) is 8.34. The number of fused-ring (bicyclic) bond motifs is 1. The van der Waals surface area contributed by atoms with E-state index in [9.17, 15) is 0 Å². The van der Waals surface area contributed by atoms with Gasteiger partial charge < -0.3 is 4.98 Å². The first-order valence-electron chi connectivity index (χ1n) is 6.62. The molecule has 0 saturated carbocycles. The van der Waals surface area contributed by atoms with Crippen LogP contribution in [-0.4, -0.2) is 23.0 Å².